The molecule has 4 aromatic carbocycles. The van der Waals surface area contributed by atoms with Crippen molar-refractivity contribution >= 4 is 117 Å². The number of methoxy groups -OCH3 is 2. The molecule has 2 atom stereocenters. The largest absolute Gasteiger partial charge is 0.478 e. The van der Waals surface area contributed by atoms with Gasteiger partial charge in [0.25, 0.3) is 17.7 Å². The average Bonchev–Trinajstić information content (AvgIpc) is 3.34. The third-order valence-electron chi connectivity index (χ3n) is 9.58. The number of halogens is 4. The minimum absolute atomic E-state index is 0. The number of esters is 2. The third kappa shape index (κ3) is 25.2. The van der Waals surface area contributed by atoms with E-state index in [1.807, 2.05) is 0 Å². The van der Waals surface area contributed by atoms with Crippen molar-refractivity contribution in [3.63, 3.8) is 0 Å². The van der Waals surface area contributed by atoms with Gasteiger partial charge in [0.1, 0.15) is 29.1 Å². The number of nitrogens with one attached hydrogen (secondary N) is 5. The molecule has 0 bridgehead atoms. The van der Waals surface area contributed by atoms with Crippen molar-refractivity contribution in [2.24, 2.45) is 5.73 Å². The lowest BCUT2D eigenvalue weighted by molar-refractivity contribution is -0.144. The summed E-state index contributed by atoms with van der Waals surface area (Å²) in [5.41, 5.74) is 5.04. The van der Waals surface area contributed by atoms with E-state index in [0.717, 1.165) is 7.11 Å². The number of Topliss-reactive ketones (excluding diaryl/α,β-unsaturated/α-hetero) is 2. The first kappa shape index (κ1) is 68.7. The van der Waals surface area contributed by atoms with Crippen LogP contribution in [-0.2, 0) is 38.1 Å². The molecule has 4 aromatic rings. The van der Waals surface area contributed by atoms with Crippen molar-refractivity contribution < 1.29 is 72.0 Å². The van der Waals surface area contributed by atoms with E-state index < -0.39 is 71.1 Å². The van der Waals surface area contributed by atoms with Gasteiger partial charge in [-0.15, -0.1) is 0 Å². The Morgan fingerprint density at radius 2 is 0.910 bits per heavy atom. The molecule has 25 heteroatoms. The Balaban J connectivity index is 0.000000642. The molecule has 0 heterocycles. The molecular formula is C53H64Cl4N6O15. The van der Waals surface area contributed by atoms with Gasteiger partial charge in [0.05, 0.1) is 64.1 Å². The van der Waals surface area contributed by atoms with Crippen LogP contribution in [0.1, 0.15) is 116 Å². The van der Waals surface area contributed by atoms with Gasteiger partial charge in [-0.25, -0.2) is 24.0 Å². The van der Waals surface area contributed by atoms with Gasteiger partial charge in [0, 0.05) is 29.8 Å². The second kappa shape index (κ2) is 33.1. The Kier molecular flexibility index (Phi) is 29.2. The summed E-state index contributed by atoms with van der Waals surface area (Å²) in [4.78, 5) is 119. The summed E-state index contributed by atoms with van der Waals surface area (Å²) in [6.07, 6.45) is -1.38. The highest BCUT2D eigenvalue weighted by molar-refractivity contribution is 6.40. The Hall–Kier alpha value is -7.30. The van der Waals surface area contributed by atoms with Crippen LogP contribution in [0.25, 0.3) is 0 Å². The number of hydrogen-bond donors (Lipinski definition) is 7. The van der Waals surface area contributed by atoms with Crippen LogP contribution in [0.15, 0.2) is 84.9 Å². The molecule has 424 valence electrons. The molecule has 0 spiro atoms. The molecule has 0 aliphatic rings. The minimum atomic E-state index is -1.14. The van der Waals surface area contributed by atoms with Gasteiger partial charge in [-0.3, -0.25) is 34.6 Å². The van der Waals surface area contributed by atoms with Crippen molar-refractivity contribution in [3.05, 3.63) is 127 Å². The highest BCUT2D eigenvalue weighted by atomic mass is 35.5. The van der Waals surface area contributed by atoms with Crippen LogP contribution in [0, 0.1) is 0 Å². The fourth-order valence-electron chi connectivity index (χ4n) is 6.07. The van der Waals surface area contributed by atoms with E-state index in [2.05, 4.69) is 31.3 Å². The molecule has 0 aliphatic heterocycles. The molecule has 21 nitrogen and oxygen atoms in total. The number of carboxylic acids is 1. The van der Waals surface area contributed by atoms with Gasteiger partial charge >= 0.3 is 30.1 Å². The first-order valence-electron chi connectivity index (χ1n) is 23.1. The number of rotatable bonds is 19. The molecule has 5 amide bonds. The van der Waals surface area contributed by atoms with Crippen LogP contribution in [-0.4, -0.2) is 115 Å². The number of aromatic carboxylic acids is 1. The van der Waals surface area contributed by atoms with Crippen molar-refractivity contribution in [1.29, 1.82) is 0 Å². The molecule has 0 radical (unpaired) electrons. The fourth-order valence-corrected chi connectivity index (χ4v) is 7.20. The number of benzene rings is 4. The first-order chi connectivity index (χ1) is 36.0. The summed E-state index contributed by atoms with van der Waals surface area (Å²) in [5, 5.41) is 21.8. The third-order valence-corrected chi connectivity index (χ3v) is 10.8. The van der Waals surface area contributed by atoms with Crippen molar-refractivity contribution in [2.45, 2.75) is 97.9 Å². The van der Waals surface area contributed by atoms with Crippen LogP contribution >= 0.6 is 46.4 Å². The van der Waals surface area contributed by atoms with Gasteiger partial charge in [0.2, 0.25) is 0 Å². The van der Waals surface area contributed by atoms with Gasteiger partial charge in [-0.1, -0.05) is 78.1 Å². The number of anilines is 2. The Morgan fingerprint density at radius 3 is 1.27 bits per heavy atom. The number of nitrogens with two attached hydrogens (primary N) is 1. The highest BCUT2D eigenvalue weighted by Crippen LogP contribution is 2.26. The molecule has 78 heavy (non-hydrogen) atoms. The van der Waals surface area contributed by atoms with Gasteiger partial charge in [-0.05, 0) is 115 Å². The maximum Gasteiger partial charge on any atom is 0.412 e. The van der Waals surface area contributed by atoms with E-state index in [0.29, 0.717) is 11.4 Å². The van der Waals surface area contributed by atoms with Crippen LogP contribution in [0.5, 0.6) is 0 Å². The number of carbonyl (C=O) groups is 10. The van der Waals surface area contributed by atoms with E-state index in [4.69, 9.17) is 71.5 Å². The Labute approximate surface area is 471 Å². The highest BCUT2D eigenvalue weighted by Gasteiger charge is 2.27. The lowest BCUT2D eigenvalue weighted by atomic mass is 10.1. The number of carboxylic acid groups (broad SMARTS) is 1. The van der Waals surface area contributed by atoms with Gasteiger partial charge in [0.15, 0.2) is 5.78 Å². The lowest BCUT2D eigenvalue weighted by Crippen LogP contribution is -2.42. The van der Waals surface area contributed by atoms with Gasteiger partial charge < -0.3 is 45.7 Å². The topological polar surface area (TPSA) is 314 Å². The Morgan fingerprint density at radius 1 is 0.551 bits per heavy atom. The van der Waals surface area contributed by atoms with Crippen LogP contribution in [0.3, 0.4) is 0 Å². The Bertz CT molecular complexity index is 2740. The fraction of sp³-hybridized carbons (Fsp3) is 0.358. The molecule has 0 fully saturated rings. The summed E-state index contributed by atoms with van der Waals surface area (Å²) < 4.78 is 19.6. The van der Waals surface area contributed by atoms with Crippen molar-refractivity contribution in [3.8, 4) is 0 Å². The molecular weight excluding hydrogens is 1100 g/mol. The van der Waals surface area contributed by atoms with Crippen LogP contribution in [0.2, 0.25) is 20.1 Å². The van der Waals surface area contributed by atoms with E-state index in [9.17, 15) is 47.9 Å². The zero-order valence-corrected chi connectivity index (χ0v) is 46.3. The second-order valence-corrected chi connectivity index (χ2v) is 19.7. The second-order valence-electron chi connectivity index (χ2n) is 18.1. The summed E-state index contributed by atoms with van der Waals surface area (Å²) in [5.74, 6) is -4.94. The zero-order valence-electron chi connectivity index (χ0n) is 43.2. The summed E-state index contributed by atoms with van der Waals surface area (Å²) in [6.45, 7) is 9.98. The van der Waals surface area contributed by atoms with Crippen molar-refractivity contribution in [1.82, 2.24) is 16.0 Å². The van der Waals surface area contributed by atoms with E-state index in [-0.39, 0.29) is 100 Å². The summed E-state index contributed by atoms with van der Waals surface area (Å²) in [6, 6.07) is 19.1. The molecule has 0 aliphatic carbocycles. The molecule has 0 saturated carbocycles. The average molecular weight is 1170 g/mol. The van der Waals surface area contributed by atoms with E-state index in [1.54, 1.807) is 77.9 Å². The smallest absolute Gasteiger partial charge is 0.412 e. The normalized spacial score (nSPS) is 11.3. The number of hydrogen-bond acceptors (Lipinski definition) is 15. The first-order valence-corrected chi connectivity index (χ1v) is 24.6. The number of ketones is 2. The predicted octanol–water partition coefficient (Wildman–Crippen LogP) is 9.33. The van der Waals surface area contributed by atoms with Crippen LogP contribution < -0.4 is 32.3 Å². The van der Waals surface area contributed by atoms with E-state index >= 15 is 0 Å². The predicted molar refractivity (Wildman–Crippen MR) is 296 cm³/mol. The molecule has 0 unspecified atom stereocenters. The molecule has 0 saturated heterocycles. The number of amides is 5. The maximum absolute atomic E-state index is 12.6. The van der Waals surface area contributed by atoms with Gasteiger partial charge in [-0.2, -0.15) is 0 Å². The van der Waals surface area contributed by atoms with E-state index in [1.165, 1.54) is 55.6 Å². The van der Waals surface area contributed by atoms with Crippen molar-refractivity contribution in [2.75, 3.05) is 37.9 Å². The number of carbonyl (C=O) groups excluding carboxylic acids is 9. The molecule has 0 aromatic heterocycles. The quantitative estimate of drug-likeness (QED) is 0.0340. The molecule has 8 N–H and O–H groups in total. The number of ether oxygens (including phenoxy) is 4. The minimum Gasteiger partial charge on any atom is -0.478 e. The maximum atomic E-state index is 12.6. The monoisotopic (exact) mass is 1160 g/mol. The SMILES string of the molecule is C.CC(C)(C)OC(=O)Nc1cccc(C(=O)O)c1.COC(=O)[C@H](CCC(=O)CN)NC(=O)c1c(Cl)cccc1Cl.COC(=O)[C@H](CCC(=O)CNC(=O)c1cccc(NC(=O)OC(C)(C)C)c1)NC(=O)c1c(Cl)cccc1Cl. The summed E-state index contributed by atoms with van der Waals surface area (Å²) in [7, 11) is 2.34. The lowest BCUT2D eigenvalue weighted by Gasteiger charge is -2.19. The zero-order chi connectivity index (χ0) is 58.2. The summed E-state index contributed by atoms with van der Waals surface area (Å²) >= 11 is 24.0. The van der Waals surface area contributed by atoms with Crippen LogP contribution in [0.4, 0.5) is 21.0 Å². The standard InChI is InChI=1S/C26H29Cl2N3O7.C14H16Cl2N2O4.C12H15NO4.CH4/c1-26(2,3)38-25(36)30-16-8-5-7-15(13-16)22(33)29-14-17(32)11-12-20(24(35)37-4)31-23(34)21-18(27)9-6-10-19(21)28;1-22-14(21)11(6-5-8(19)7-17)18-13(20)12-9(15)3-2-4-10(12)16;1-12(2,3)17-11(16)13-9-6-4-5-8(7-9)10(14)15;/h5-10,13,20H,11-12,14H2,1-4H3,(H,29,33)(H,30,36)(H,31,34);2-4,11H,5-7,17H2,1H3,(H,18,20);4-7H,1-3H3,(H,13,16)(H,14,15);1H4/t20-;11-;;/m00../s1. The molecule has 4 rings (SSSR count).